The third kappa shape index (κ3) is 5.96. The summed E-state index contributed by atoms with van der Waals surface area (Å²) in [6, 6.07) is 2.03. The smallest absolute Gasteiger partial charge is 0.191 e. The summed E-state index contributed by atoms with van der Waals surface area (Å²) in [6.45, 7) is 9.76. The van der Waals surface area contributed by atoms with Crippen LogP contribution in [0.5, 0.6) is 0 Å². The zero-order chi connectivity index (χ0) is 16.7. The molecule has 0 aromatic rings. The molecule has 1 aliphatic carbocycles. The molecular formula is C18H36N4O. The fraction of sp³-hybridized carbons (Fsp3) is 0.944. The fourth-order valence-electron chi connectivity index (χ4n) is 3.73. The lowest BCUT2D eigenvalue weighted by molar-refractivity contribution is 0.253. The zero-order valence-electron chi connectivity index (χ0n) is 15.2. The average molecular weight is 325 g/mol. The summed E-state index contributed by atoms with van der Waals surface area (Å²) >= 11 is 0. The minimum atomic E-state index is 0.265. The van der Waals surface area contributed by atoms with Crippen LogP contribution in [0, 0.1) is 5.92 Å². The maximum absolute atomic E-state index is 9.19. The van der Waals surface area contributed by atoms with E-state index in [9.17, 15) is 5.11 Å². The summed E-state index contributed by atoms with van der Waals surface area (Å²) in [5.41, 5.74) is 0. The molecule has 0 aromatic carbocycles. The molecule has 3 unspecified atom stereocenters. The molecule has 2 aliphatic rings. The highest BCUT2D eigenvalue weighted by Gasteiger charge is 2.38. The first kappa shape index (κ1) is 18.5. The van der Waals surface area contributed by atoms with E-state index in [1.807, 2.05) is 0 Å². The van der Waals surface area contributed by atoms with Crippen LogP contribution in [-0.2, 0) is 0 Å². The summed E-state index contributed by atoms with van der Waals surface area (Å²) in [5, 5.41) is 16.2. The molecule has 23 heavy (non-hydrogen) atoms. The van der Waals surface area contributed by atoms with Crippen molar-refractivity contribution in [2.45, 2.75) is 77.4 Å². The molecule has 0 aromatic heterocycles. The van der Waals surface area contributed by atoms with E-state index >= 15 is 0 Å². The standard InChI is InChI=1S/C18H36N4O/c1-4-6-15(9-10-23)12-20-18(19-5-2)21-16-11-14(3)22(13-16)17-7-8-17/h14-17,23H,4-13H2,1-3H3,(H2,19,20,21). The van der Waals surface area contributed by atoms with Crippen LogP contribution < -0.4 is 10.6 Å². The van der Waals surface area contributed by atoms with Gasteiger partial charge < -0.3 is 15.7 Å². The van der Waals surface area contributed by atoms with Crippen molar-refractivity contribution in [3.8, 4) is 0 Å². The molecule has 134 valence electrons. The van der Waals surface area contributed by atoms with Gasteiger partial charge in [0.05, 0.1) is 0 Å². The van der Waals surface area contributed by atoms with Crippen molar-refractivity contribution in [1.82, 2.24) is 15.5 Å². The van der Waals surface area contributed by atoms with E-state index in [1.54, 1.807) is 0 Å². The number of hydrogen-bond acceptors (Lipinski definition) is 3. The van der Waals surface area contributed by atoms with Crippen LogP contribution in [0.4, 0.5) is 0 Å². The number of hydrogen-bond donors (Lipinski definition) is 3. The van der Waals surface area contributed by atoms with Gasteiger partial charge in [-0.3, -0.25) is 9.89 Å². The summed E-state index contributed by atoms with van der Waals surface area (Å²) in [7, 11) is 0. The molecule has 1 saturated carbocycles. The topological polar surface area (TPSA) is 59.9 Å². The van der Waals surface area contributed by atoms with Gasteiger partial charge in [0.25, 0.3) is 0 Å². The van der Waals surface area contributed by atoms with Crippen LogP contribution in [0.3, 0.4) is 0 Å². The van der Waals surface area contributed by atoms with E-state index < -0.39 is 0 Å². The Kier molecular flexibility index (Phi) is 7.63. The van der Waals surface area contributed by atoms with Crippen LogP contribution in [-0.4, -0.2) is 60.3 Å². The molecule has 0 bridgehead atoms. The average Bonchev–Trinajstić information content (AvgIpc) is 3.29. The molecule has 0 spiro atoms. The van der Waals surface area contributed by atoms with Crippen molar-refractivity contribution in [1.29, 1.82) is 0 Å². The van der Waals surface area contributed by atoms with E-state index in [1.165, 1.54) is 19.3 Å². The number of nitrogens with one attached hydrogen (secondary N) is 2. The molecule has 0 amide bonds. The number of aliphatic imine (C=N–C) groups is 1. The highest BCUT2D eigenvalue weighted by Crippen LogP contribution is 2.33. The van der Waals surface area contributed by atoms with Gasteiger partial charge in [-0.05, 0) is 51.9 Å². The molecule has 5 nitrogen and oxygen atoms in total. The van der Waals surface area contributed by atoms with Gasteiger partial charge in [0, 0.05) is 44.4 Å². The summed E-state index contributed by atoms with van der Waals surface area (Å²) in [4.78, 5) is 7.45. The van der Waals surface area contributed by atoms with Crippen LogP contribution in [0.15, 0.2) is 4.99 Å². The lowest BCUT2D eigenvalue weighted by Crippen LogP contribution is -2.45. The Hall–Kier alpha value is -0.810. The Morgan fingerprint density at radius 2 is 2.09 bits per heavy atom. The molecule has 3 atom stereocenters. The van der Waals surface area contributed by atoms with E-state index in [4.69, 9.17) is 4.99 Å². The molecule has 1 heterocycles. The van der Waals surface area contributed by atoms with Gasteiger partial charge in [-0.2, -0.15) is 0 Å². The molecular weight excluding hydrogens is 288 g/mol. The summed E-state index contributed by atoms with van der Waals surface area (Å²) < 4.78 is 0. The van der Waals surface area contributed by atoms with Crippen molar-refractivity contribution >= 4 is 5.96 Å². The van der Waals surface area contributed by atoms with E-state index in [0.29, 0.717) is 18.0 Å². The predicted molar refractivity (Wildman–Crippen MR) is 96.8 cm³/mol. The van der Waals surface area contributed by atoms with Crippen molar-refractivity contribution < 1.29 is 5.11 Å². The number of rotatable bonds is 9. The van der Waals surface area contributed by atoms with Crippen molar-refractivity contribution in [2.75, 3.05) is 26.2 Å². The van der Waals surface area contributed by atoms with Gasteiger partial charge in [0.2, 0.25) is 0 Å². The number of guanidine groups is 1. The minimum absolute atomic E-state index is 0.265. The van der Waals surface area contributed by atoms with Crippen LogP contribution in [0.2, 0.25) is 0 Å². The maximum Gasteiger partial charge on any atom is 0.191 e. The highest BCUT2D eigenvalue weighted by molar-refractivity contribution is 5.80. The summed E-state index contributed by atoms with van der Waals surface area (Å²) in [6.07, 6.45) is 7.11. The lowest BCUT2D eigenvalue weighted by Gasteiger charge is -2.20. The molecule has 5 heteroatoms. The normalized spacial score (nSPS) is 27.2. The van der Waals surface area contributed by atoms with E-state index in [0.717, 1.165) is 50.9 Å². The van der Waals surface area contributed by atoms with Crippen LogP contribution >= 0.6 is 0 Å². The molecule has 0 radical (unpaired) electrons. The third-order valence-corrected chi connectivity index (χ3v) is 5.07. The molecule has 2 fully saturated rings. The van der Waals surface area contributed by atoms with Gasteiger partial charge in [-0.1, -0.05) is 13.3 Å². The van der Waals surface area contributed by atoms with Crippen LogP contribution in [0.25, 0.3) is 0 Å². The molecule has 1 aliphatic heterocycles. The van der Waals surface area contributed by atoms with E-state index in [-0.39, 0.29) is 6.61 Å². The van der Waals surface area contributed by atoms with Gasteiger partial charge in [0.1, 0.15) is 0 Å². The predicted octanol–water partition coefficient (Wildman–Crippen LogP) is 1.97. The second-order valence-corrected chi connectivity index (χ2v) is 7.24. The Bertz CT molecular complexity index is 364. The Morgan fingerprint density at radius 1 is 1.30 bits per heavy atom. The third-order valence-electron chi connectivity index (χ3n) is 5.07. The number of nitrogens with zero attached hydrogens (tertiary/aromatic N) is 2. The van der Waals surface area contributed by atoms with Gasteiger partial charge in [0.15, 0.2) is 5.96 Å². The van der Waals surface area contributed by atoms with Crippen molar-refractivity contribution in [3.05, 3.63) is 0 Å². The Morgan fingerprint density at radius 3 is 2.70 bits per heavy atom. The quantitative estimate of drug-likeness (QED) is 0.448. The molecule has 3 N–H and O–H groups in total. The fourth-order valence-corrected chi connectivity index (χ4v) is 3.73. The second-order valence-electron chi connectivity index (χ2n) is 7.24. The molecule has 2 rings (SSSR count). The first-order chi connectivity index (χ1) is 11.2. The van der Waals surface area contributed by atoms with Crippen molar-refractivity contribution in [2.24, 2.45) is 10.9 Å². The number of likely N-dealkylation sites (tertiary alicyclic amines) is 1. The second kappa shape index (κ2) is 9.48. The largest absolute Gasteiger partial charge is 0.396 e. The van der Waals surface area contributed by atoms with E-state index in [2.05, 4.69) is 36.3 Å². The first-order valence-electron chi connectivity index (χ1n) is 9.59. The van der Waals surface area contributed by atoms with Crippen LogP contribution in [0.1, 0.15) is 59.3 Å². The molecule has 1 saturated heterocycles. The zero-order valence-corrected chi connectivity index (χ0v) is 15.2. The van der Waals surface area contributed by atoms with Gasteiger partial charge in [-0.25, -0.2) is 0 Å². The highest BCUT2D eigenvalue weighted by atomic mass is 16.3. The number of aliphatic hydroxyl groups excluding tert-OH is 1. The lowest BCUT2D eigenvalue weighted by atomic mass is 10.0. The van der Waals surface area contributed by atoms with Gasteiger partial charge >= 0.3 is 0 Å². The Balaban J connectivity index is 1.85. The first-order valence-corrected chi connectivity index (χ1v) is 9.59. The monoisotopic (exact) mass is 324 g/mol. The maximum atomic E-state index is 9.19. The number of aliphatic hydroxyl groups is 1. The summed E-state index contributed by atoms with van der Waals surface area (Å²) in [5.74, 6) is 1.44. The van der Waals surface area contributed by atoms with Crippen molar-refractivity contribution in [3.63, 3.8) is 0 Å². The minimum Gasteiger partial charge on any atom is -0.396 e. The van der Waals surface area contributed by atoms with Gasteiger partial charge in [-0.15, -0.1) is 0 Å². The SMILES string of the molecule is CCCC(CCO)CN=C(NCC)NC1CC(C)N(C2CC2)C1. The Labute approximate surface area is 141 Å².